The minimum absolute atomic E-state index is 0.104. The van der Waals surface area contributed by atoms with E-state index in [1.165, 1.54) is 43.2 Å². The van der Waals surface area contributed by atoms with E-state index in [9.17, 15) is 14.0 Å². The average molecular weight is 474 g/mol. The van der Waals surface area contributed by atoms with Crippen molar-refractivity contribution in [1.82, 2.24) is 19.4 Å². The number of hydrogen-bond donors (Lipinski definition) is 1. The van der Waals surface area contributed by atoms with Gasteiger partial charge in [0.1, 0.15) is 5.82 Å². The molecule has 1 aliphatic rings. The molecule has 1 aromatic carbocycles. The van der Waals surface area contributed by atoms with Crippen LogP contribution in [0.25, 0.3) is 0 Å². The minimum Gasteiger partial charge on any atom is -0.374 e. The van der Waals surface area contributed by atoms with Gasteiger partial charge < -0.3 is 10.1 Å². The Morgan fingerprint density at radius 2 is 2.23 bits per heavy atom. The molecule has 2 aromatic rings. The van der Waals surface area contributed by atoms with Crippen LogP contribution in [0.4, 0.5) is 9.52 Å². The van der Waals surface area contributed by atoms with Gasteiger partial charge in [-0.1, -0.05) is 29.0 Å². The average Bonchev–Trinajstić information content (AvgIpc) is 3.10. The Bertz CT molecular complexity index is 916. The molecule has 1 N–H and O–H groups in total. The second-order valence-corrected chi connectivity index (χ2v) is 9.36. The van der Waals surface area contributed by atoms with Gasteiger partial charge in [0.05, 0.1) is 24.3 Å². The summed E-state index contributed by atoms with van der Waals surface area (Å²) in [7, 11) is 0. The third-order valence-electron chi connectivity index (χ3n) is 4.21. The van der Waals surface area contributed by atoms with Gasteiger partial charge in [0.2, 0.25) is 16.9 Å². The lowest BCUT2D eigenvalue weighted by atomic mass is 10.2. The molecule has 0 aliphatic carbocycles. The fourth-order valence-electron chi connectivity index (χ4n) is 2.89. The molecule has 12 heteroatoms. The first-order valence-electron chi connectivity index (χ1n) is 9.15. The highest BCUT2D eigenvalue weighted by Gasteiger charge is 2.25. The summed E-state index contributed by atoms with van der Waals surface area (Å²) in [5, 5.41) is 10.9. The van der Waals surface area contributed by atoms with Gasteiger partial charge in [-0.2, -0.15) is 0 Å². The Morgan fingerprint density at radius 1 is 1.43 bits per heavy atom. The molecule has 0 bridgehead atoms. The van der Waals surface area contributed by atoms with Crippen molar-refractivity contribution in [3.63, 3.8) is 0 Å². The van der Waals surface area contributed by atoms with Crippen molar-refractivity contribution >= 4 is 51.8 Å². The number of amides is 2. The number of carbonyl (C=O) groups is 2. The van der Waals surface area contributed by atoms with Crippen LogP contribution < -0.4 is 5.32 Å². The molecule has 3 rings (SSSR count). The Kier molecular flexibility index (Phi) is 8.00. The molecule has 1 saturated heterocycles. The largest absolute Gasteiger partial charge is 0.374 e. The lowest BCUT2D eigenvalue weighted by Gasteiger charge is -2.35. The van der Waals surface area contributed by atoms with E-state index in [4.69, 9.17) is 16.3 Å². The lowest BCUT2D eigenvalue weighted by Crippen LogP contribution is -2.46. The predicted molar refractivity (Wildman–Crippen MR) is 114 cm³/mol. The van der Waals surface area contributed by atoms with Gasteiger partial charge in [-0.05, 0) is 17.7 Å². The number of morpholine rings is 1. The third-order valence-corrected chi connectivity index (χ3v) is 6.47. The second-order valence-electron chi connectivity index (χ2n) is 6.70. The summed E-state index contributed by atoms with van der Waals surface area (Å²) in [6.45, 7) is 5.73. The number of halogens is 2. The molecule has 1 fully saturated rings. The van der Waals surface area contributed by atoms with Crippen molar-refractivity contribution in [2.75, 3.05) is 31.6 Å². The van der Waals surface area contributed by atoms with E-state index in [0.717, 1.165) is 12.1 Å². The predicted octanol–water partition coefficient (Wildman–Crippen LogP) is 3.05. The van der Waals surface area contributed by atoms with Crippen LogP contribution in [-0.4, -0.2) is 63.6 Å². The first-order chi connectivity index (χ1) is 14.3. The monoisotopic (exact) mass is 473 g/mol. The molecule has 0 saturated carbocycles. The topological polar surface area (TPSA) is 87.7 Å². The van der Waals surface area contributed by atoms with E-state index in [2.05, 4.69) is 20.4 Å². The maximum atomic E-state index is 13.4. The lowest BCUT2D eigenvalue weighted by molar-refractivity contribution is -0.126. The first-order valence-corrected chi connectivity index (χ1v) is 11.1. The standard InChI is InChI=1S/C18H21ClFN5O3S2/c1-11(26)21-17-22-23-18(29-17)30-25(12(2)27)10-14-9-24(5-6-28-14)8-13-3-4-16(20)15(19)7-13/h3-4,7,14H,5-6,8-10H2,1-2H3,(H,21,22,26)/t14-/m0/s1. The molecule has 1 atom stereocenters. The van der Waals surface area contributed by atoms with Crippen LogP contribution in [0.2, 0.25) is 5.02 Å². The SMILES string of the molecule is CC(=O)Nc1nnc(SN(C[C@@H]2CN(Cc3ccc(F)c(Cl)c3)CCO2)C(C)=O)s1. The zero-order valence-corrected chi connectivity index (χ0v) is 18.8. The van der Waals surface area contributed by atoms with Crippen LogP contribution in [0.1, 0.15) is 19.4 Å². The summed E-state index contributed by atoms with van der Waals surface area (Å²) >= 11 is 8.23. The van der Waals surface area contributed by atoms with Crippen LogP contribution in [0, 0.1) is 5.82 Å². The molecule has 0 spiro atoms. The van der Waals surface area contributed by atoms with E-state index in [-0.39, 0.29) is 22.9 Å². The van der Waals surface area contributed by atoms with Crippen LogP contribution in [-0.2, 0) is 20.9 Å². The summed E-state index contributed by atoms with van der Waals surface area (Å²) in [4.78, 5) is 25.4. The summed E-state index contributed by atoms with van der Waals surface area (Å²) in [5.41, 5.74) is 0.916. The molecule has 2 amide bonds. The third kappa shape index (κ3) is 6.61. The van der Waals surface area contributed by atoms with E-state index >= 15 is 0 Å². The molecule has 2 heterocycles. The van der Waals surface area contributed by atoms with E-state index in [0.29, 0.717) is 35.7 Å². The zero-order valence-electron chi connectivity index (χ0n) is 16.4. The number of nitrogens with zero attached hydrogens (tertiary/aromatic N) is 4. The van der Waals surface area contributed by atoms with Gasteiger partial charge in [-0.25, -0.2) is 4.39 Å². The molecule has 1 aromatic heterocycles. The Labute approximate surface area is 186 Å². The highest BCUT2D eigenvalue weighted by molar-refractivity contribution is 7.99. The van der Waals surface area contributed by atoms with E-state index < -0.39 is 5.82 Å². The minimum atomic E-state index is -0.437. The quantitative estimate of drug-likeness (QED) is 0.488. The van der Waals surface area contributed by atoms with Crippen LogP contribution in [0.15, 0.2) is 22.5 Å². The molecule has 1 aliphatic heterocycles. The van der Waals surface area contributed by atoms with Crippen molar-refractivity contribution in [3.8, 4) is 0 Å². The van der Waals surface area contributed by atoms with Crippen molar-refractivity contribution in [1.29, 1.82) is 0 Å². The van der Waals surface area contributed by atoms with Crippen LogP contribution >= 0.6 is 34.9 Å². The van der Waals surface area contributed by atoms with Crippen LogP contribution in [0.3, 0.4) is 0 Å². The molecule has 30 heavy (non-hydrogen) atoms. The summed E-state index contributed by atoms with van der Waals surface area (Å²) < 4.78 is 21.3. The number of carbonyl (C=O) groups excluding carboxylic acids is 2. The van der Waals surface area contributed by atoms with Gasteiger partial charge in [0.15, 0.2) is 4.34 Å². The molecule has 162 valence electrons. The first kappa shape index (κ1) is 22.9. The fraction of sp³-hybridized carbons (Fsp3) is 0.444. The molecule has 0 unspecified atom stereocenters. The van der Waals surface area contributed by atoms with Gasteiger partial charge in [-0.3, -0.25) is 18.8 Å². The van der Waals surface area contributed by atoms with Crippen molar-refractivity contribution < 1.29 is 18.7 Å². The van der Waals surface area contributed by atoms with Gasteiger partial charge in [0.25, 0.3) is 0 Å². The maximum Gasteiger partial charge on any atom is 0.229 e. The van der Waals surface area contributed by atoms with Gasteiger partial charge in [0, 0.05) is 45.4 Å². The Morgan fingerprint density at radius 3 is 2.93 bits per heavy atom. The number of nitrogens with one attached hydrogen (secondary N) is 1. The molecular formula is C18H21ClFN5O3S2. The van der Waals surface area contributed by atoms with Crippen LogP contribution in [0.5, 0.6) is 0 Å². The number of rotatable bonds is 7. The van der Waals surface area contributed by atoms with Crippen molar-refractivity contribution in [2.45, 2.75) is 30.8 Å². The smallest absolute Gasteiger partial charge is 0.229 e. The molecule has 0 radical (unpaired) electrons. The van der Waals surface area contributed by atoms with E-state index in [1.54, 1.807) is 16.4 Å². The van der Waals surface area contributed by atoms with Gasteiger partial charge in [-0.15, -0.1) is 10.2 Å². The molecule has 8 nitrogen and oxygen atoms in total. The number of ether oxygens (including phenoxy) is 1. The molecular weight excluding hydrogens is 453 g/mol. The normalized spacial score (nSPS) is 17.0. The number of anilines is 1. The van der Waals surface area contributed by atoms with Crippen molar-refractivity contribution in [2.24, 2.45) is 0 Å². The second kappa shape index (κ2) is 10.5. The summed E-state index contributed by atoms with van der Waals surface area (Å²) in [6, 6.07) is 4.70. The zero-order chi connectivity index (χ0) is 21.7. The Hall–Kier alpha value is -1.79. The maximum absolute atomic E-state index is 13.4. The Balaban J connectivity index is 1.58. The highest BCUT2D eigenvalue weighted by atomic mass is 35.5. The van der Waals surface area contributed by atoms with E-state index in [1.807, 2.05) is 0 Å². The summed E-state index contributed by atoms with van der Waals surface area (Å²) in [5.74, 6) is -0.806. The number of benzene rings is 1. The number of hydrogen-bond acceptors (Lipinski definition) is 8. The highest BCUT2D eigenvalue weighted by Crippen LogP contribution is 2.29. The van der Waals surface area contributed by atoms with Gasteiger partial charge >= 0.3 is 0 Å². The summed E-state index contributed by atoms with van der Waals surface area (Å²) in [6.07, 6.45) is -0.186. The number of aromatic nitrogens is 2. The van der Waals surface area contributed by atoms with Crippen molar-refractivity contribution in [3.05, 3.63) is 34.6 Å². The fourth-order valence-corrected chi connectivity index (χ4v) is 4.91.